The van der Waals surface area contributed by atoms with E-state index in [0.29, 0.717) is 6.42 Å². The van der Waals surface area contributed by atoms with Gasteiger partial charge in [0.2, 0.25) is 0 Å². The molecule has 0 amide bonds. The molecule has 0 atom stereocenters. The van der Waals surface area contributed by atoms with Crippen LogP contribution in [0.1, 0.15) is 26.2 Å². The van der Waals surface area contributed by atoms with Crippen molar-refractivity contribution >= 4 is 5.97 Å². The van der Waals surface area contributed by atoms with Crippen LogP contribution < -0.4 is 0 Å². The molecule has 0 aromatic heterocycles. The van der Waals surface area contributed by atoms with E-state index in [0.717, 1.165) is 26.1 Å². The van der Waals surface area contributed by atoms with Crippen molar-refractivity contribution in [1.29, 1.82) is 0 Å². The van der Waals surface area contributed by atoms with Crippen LogP contribution >= 0.6 is 0 Å². The normalized spacial score (nSPS) is 9.64. The molecular formula is C8H16O3. The van der Waals surface area contributed by atoms with Crippen LogP contribution in [-0.4, -0.2) is 26.3 Å². The standard InChI is InChI=1S/C8H16O3/c1-3-11-7-5-4-6-8(9)10-2/h3-7H2,1-2H3. The summed E-state index contributed by atoms with van der Waals surface area (Å²) < 4.78 is 9.57. The van der Waals surface area contributed by atoms with Crippen LogP contribution in [0.3, 0.4) is 0 Å². The first-order valence-corrected chi connectivity index (χ1v) is 3.95. The van der Waals surface area contributed by atoms with Gasteiger partial charge in [-0.25, -0.2) is 0 Å². The largest absolute Gasteiger partial charge is 0.469 e. The summed E-state index contributed by atoms with van der Waals surface area (Å²) in [5.74, 6) is -0.138. The minimum absolute atomic E-state index is 0.138. The van der Waals surface area contributed by atoms with E-state index in [1.807, 2.05) is 6.92 Å². The zero-order chi connectivity index (χ0) is 8.53. The van der Waals surface area contributed by atoms with E-state index in [1.165, 1.54) is 7.11 Å². The van der Waals surface area contributed by atoms with Crippen LogP contribution in [0, 0.1) is 0 Å². The summed E-state index contributed by atoms with van der Waals surface area (Å²) in [5, 5.41) is 0. The number of esters is 1. The zero-order valence-electron chi connectivity index (χ0n) is 7.26. The van der Waals surface area contributed by atoms with Crippen LogP contribution in [-0.2, 0) is 14.3 Å². The molecule has 66 valence electrons. The smallest absolute Gasteiger partial charge is 0.305 e. The minimum Gasteiger partial charge on any atom is -0.469 e. The van der Waals surface area contributed by atoms with Gasteiger partial charge < -0.3 is 9.47 Å². The molecule has 0 aliphatic rings. The van der Waals surface area contributed by atoms with E-state index in [9.17, 15) is 4.79 Å². The van der Waals surface area contributed by atoms with Crippen LogP contribution in [0.15, 0.2) is 0 Å². The molecule has 0 aromatic rings. The summed E-state index contributed by atoms with van der Waals surface area (Å²) in [6, 6.07) is 0. The lowest BCUT2D eigenvalue weighted by Crippen LogP contribution is -2.01. The van der Waals surface area contributed by atoms with Crippen molar-refractivity contribution in [3.63, 3.8) is 0 Å². The third kappa shape index (κ3) is 7.33. The maximum Gasteiger partial charge on any atom is 0.305 e. The van der Waals surface area contributed by atoms with Gasteiger partial charge in [0.15, 0.2) is 0 Å². The third-order valence-electron chi connectivity index (χ3n) is 1.35. The lowest BCUT2D eigenvalue weighted by Gasteiger charge is -1.99. The third-order valence-corrected chi connectivity index (χ3v) is 1.35. The van der Waals surface area contributed by atoms with Crippen molar-refractivity contribution in [2.75, 3.05) is 20.3 Å². The molecule has 0 N–H and O–H groups in total. The van der Waals surface area contributed by atoms with Crippen LogP contribution in [0.4, 0.5) is 0 Å². The second kappa shape index (κ2) is 7.54. The number of carbonyl (C=O) groups is 1. The number of carbonyl (C=O) groups excluding carboxylic acids is 1. The number of hydrogen-bond acceptors (Lipinski definition) is 3. The van der Waals surface area contributed by atoms with Gasteiger partial charge >= 0.3 is 5.97 Å². The lowest BCUT2D eigenvalue weighted by atomic mass is 10.2. The van der Waals surface area contributed by atoms with Crippen molar-refractivity contribution in [3.8, 4) is 0 Å². The lowest BCUT2D eigenvalue weighted by molar-refractivity contribution is -0.140. The van der Waals surface area contributed by atoms with E-state index < -0.39 is 0 Å². The van der Waals surface area contributed by atoms with Crippen molar-refractivity contribution < 1.29 is 14.3 Å². The van der Waals surface area contributed by atoms with Gasteiger partial charge in [-0.15, -0.1) is 0 Å². The van der Waals surface area contributed by atoms with Gasteiger partial charge in [-0.2, -0.15) is 0 Å². The van der Waals surface area contributed by atoms with E-state index >= 15 is 0 Å². The maximum absolute atomic E-state index is 10.6. The second-order valence-corrected chi connectivity index (χ2v) is 2.23. The Morgan fingerprint density at radius 1 is 1.36 bits per heavy atom. The Kier molecular flexibility index (Phi) is 7.15. The van der Waals surface area contributed by atoms with Gasteiger partial charge in [0, 0.05) is 19.6 Å². The number of unbranched alkanes of at least 4 members (excludes halogenated alkanes) is 1. The molecule has 0 saturated heterocycles. The molecule has 0 radical (unpaired) electrons. The fourth-order valence-corrected chi connectivity index (χ4v) is 0.720. The Labute approximate surface area is 67.7 Å². The Morgan fingerprint density at radius 2 is 2.09 bits per heavy atom. The fraction of sp³-hybridized carbons (Fsp3) is 0.875. The van der Waals surface area contributed by atoms with E-state index in [-0.39, 0.29) is 5.97 Å². The average Bonchev–Trinajstić information content (AvgIpc) is 2.04. The van der Waals surface area contributed by atoms with Gasteiger partial charge in [-0.3, -0.25) is 4.79 Å². The number of ether oxygens (including phenoxy) is 2. The molecule has 0 fully saturated rings. The van der Waals surface area contributed by atoms with Gasteiger partial charge in [0.1, 0.15) is 0 Å². The molecule has 0 saturated carbocycles. The maximum atomic E-state index is 10.6. The zero-order valence-corrected chi connectivity index (χ0v) is 7.26. The monoisotopic (exact) mass is 160 g/mol. The highest BCUT2D eigenvalue weighted by molar-refractivity contribution is 5.68. The Morgan fingerprint density at radius 3 is 2.64 bits per heavy atom. The molecule has 0 aromatic carbocycles. The summed E-state index contributed by atoms with van der Waals surface area (Å²) in [6.07, 6.45) is 2.29. The number of hydrogen-bond donors (Lipinski definition) is 0. The number of methoxy groups -OCH3 is 1. The Balaban J connectivity index is 2.95. The van der Waals surface area contributed by atoms with Gasteiger partial charge in [-0.05, 0) is 19.8 Å². The van der Waals surface area contributed by atoms with Crippen LogP contribution in [0.2, 0.25) is 0 Å². The molecule has 0 aliphatic carbocycles. The quantitative estimate of drug-likeness (QED) is 0.435. The van der Waals surface area contributed by atoms with Crippen molar-refractivity contribution in [1.82, 2.24) is 0 Å². The molecule has 0 rings (SSSR count). The molecule has 0 aliphatic heterocycles. The molecule has 11 heavy (non-hydrogen) atoms. The van der Waals surface area contributed by atoms with Crippen molar-refractivity contribution in [2.45, 2.75) is 26.2 Å². The first-order valence-electron chi connectivity index (χ1n) is 3.95. The van der Waals surface area contributed by atoms with Crippen LogP contribution in [0.5, 0.6) is 0 Å². The van der Waals surface area contributed by atoms with Crippen LogP contribution in [0.25, 0.3) is 0 Å². The predicted molar refractivity (Wildman–Crippen MR) is 42.4 cm³/mol. The summed E-state index contributed by atoms with van der Waals surface area (Å²) in [4.78, 5) is 10.6. The Hall–Kier alpha value is -0.570. The van der Waals surface area contributed by atoms with Gasteiger partial charge in [0.05, 0.1) is 7.11 Å². The molecule has 3 heteroatoms. The second-order valence-electron chi connectivity index (χ2n) is 2.23. The van der Waals surface area contributed by atoms with E-state index in [4.69, 9.17) is 4.74 Å². The SMILES string of the molecule is CCOCCCCC(=O)OC. The molecule has 0 heterocycles. The highest BCUT2D eigenvalue weighted by Crippen LogP contribution is 1.96. The van der Waals surface area contributed by atoms with E-state index in [1.54, 1.807) is 0 Å². The predicted octanol–water partition coefficient (Wildman–Crippen LogP) is 1.37. The highest BCUT2D eigenvalue weighted by atomic mass is 16.5. The molecule has 0 spiro atoms. The summed E-state index contributed by atoms with van der Waals surface area (Å²) in [7, 11) is 1.41. The minimum atomic E-state index is -0.138. The molecule has 0 bridgehead atoms. The Bertz CT molecular complexity index is 102. The first kappa shape index (κ1) is 10.4. The fourth-order valence-electron chi connectivity index (χ4n) is 0.720. The van der Waals surface area contributed by atoms with Gasteiger partial charge in [0.25, 0.3) is 0 Å². The average molecular weight is 160 g/mol. The number of rotatable bonds is 6. The topological polar surface area (TPSA) is 35.5 Å². The van der Waals surface area contributed by atoms with E-state index in [2.05, 4.69) is 4.74 Å². The van der Waals surface area contributed by atoms with Gasteiger partial charge in [-0.1, -0.05) is 0 Å². The molecule has 3 nitrogen and oxygen atoms in total. The van der Waals surface area contributed by atoms with Crippen molar-refractivity contribution in [2.24, 2.45) is 0 Å². The summed E-state index contributed by atoms with van der Waals surface area (Å²) in [5.41, 5.74) is 0. The molecular weight excluding hydrogens is 144 g/mol. The highest BCUT2D eigenvalue weighted by Gasteiger charge is 1.97. The summed E-state index contributed by atoms with van der Waals surface area (Å²) >= 11 is 0. The summed E-state index contributed by atoms with van der Waals surface area (Å²) in [6.45, 7) is 3.45. The van der Waals surface area contributed by atoms with Crippen molar-refractivity contribution in [3.05, 3.63) is 0 Å². The first-order chi connectivity index (χ1) is 5.31. The molecule has 0 unspecified atom stereocenters.